The minimum atomic E-state index is 0.904. The van der Waals surface area contributed by atoms with Crippen LogP contribution in [0.15, 0.2) is 211 Å². The van der Waals surface area contributed by atoms with E-state index in [2.05, 4.69) is 204 Å². The van der Waals surface area contributed by atoms with Crippen LogP contribution in [-0.4, -0.2) is 4.57 Å². The van der Waals surface area contributed by atoms with Gasteiger partial charge in [0.1, 0.15) is 11.2 Å². The van der Waals surface area contributed by atoms with Gasteiger partial charge in [0.15, 0.2) is 0 Å². The zero-order valence-corrected chi connectivity index (χ0v) is 29.9. The van der Waals surface area contributed by atoms with Crippen molar-refractivity contribution in [3.8, 4) is 27.9 Å². The Hall–Kier alpha value is -7.36. The standard InChI is InChI=1S/C52H34N2O/c1-3-13-35(14-4-1)37-15-11-18-41(33-37)53(48-23-12-21-45-43(48)30-31-46-44-20-8-10-24-51(44)55-52(45)46)40-28-25-36(26-29-40)38-27-32-50-47(34-38)42-19-7-9-22-49(42)54(50)39-16-5-2-6-17-39/h1-34H. The van der Waals surface area contributed by atoms with Gasteiger partial charge in [-0.2, -0.15) is 0 Å². The molecule has 0 N–H and O–H groups in total. The molecule has 0 saturated carbocycles. The lowest BCUT2D eigenvalue weighted by atomic mass is 10.0. The molecule has 0 aliphatic heterocycles. The summed E-state index contributed by atoms with van der Waals surface area (Å²) in [7, 11) is 0. The molecule has 0 radical (unpaired) electrons. The molecule has 0 aliphatic rings. The summed E-state index contributed by atoms with van der Waals surface area (Å²) in [6.45, 7) is 0. The summed E-state index contributed by atoms with van der Waals surface area (Å²) in [5.74, 6) is 0. The molecular formula is C52H34N2O. The average Bonchev–Trinajstić information content (AvgIpc) is 3.81. The number of fused-ring (bicyclic) bond motifs is 8. The second-order valence-electron chi connectivity index (χ2n) is 14.1. The maximum absolute atomic E-state index is 6.52. The van der Waals surface area contributed by atoms with Crippen molar-refractivity contribution < 1.29 is 4.42 Å². The van der Waals surface area contributed by atoms with Crippen molar-refractivity contribution in [1.29, 1.82) is 0 Å². The smallest absolute Gasteiger partial charge is 0.143 e. The highest BCUT2D eigenvalue weighted by Gasteiger charge is 2.19. The first-order chi connectivity index (χ1) is 27.3. The van der Waals surface area contributed by atoms with Gasteiger partial charge in [0.2, 0.25) is 0 Å². The molecule has 11 rings (SSSR count). The summed E-state index contributed by atoms with van der Waals surface area (Å²) in [5, 5.41) is 6.98. The second-order valence-corrected chi connectivity index (χ2v) is 14.1. The molecule has 0 fully saturated rings. The molecule has 9 aromatic carbocycles. The number of anilines is 3. The van der Waals surface area contributed by atoms with Crippen LogP contribution in [0.5, 0.6) is 0 Å². The van der Waals surface area contributed by atoms with Crippen molar-refractivity contribution in [2.75, 3.05) is 4.90 Å². The molecule has 0 bridgehead atoms. The van der Waals surface area contributed by atoms with Crippen LogP contribution in [0, 0.1) is 0 Å². The molecule has 0 amide bonds. The third kappa shape index (κ3) is 5.13. The maximum Gasteiger partial charge on any atom is 0.143 e. The molecule has 0 aliphatic carbocycles. The number of furan rings is 1. The van der Waals surface area contributed by atoms with Crippen molar-refractivity contribution >= 4 is 71.6 Å². The van der Waals surface area contributed by atoms with Gasteiger partial charge in [-0.1, -0.05) is 133 Å². The Balaban J connectivity index is 1.06. The number of nitrogens with zero attached hydrogens (tertiary/aromatic N) is 2. The van der Waals surface area contributed by atoms with Gasteiger partial charge in [-0.05, 0) is 95.1 Å². The molecular weight excluding hydrogens is 669 g/mol. The van der Waals surface area contributed by atoms with E-state index in [1.807, 2.05) is 12.1 Å². The molecule has 0 unspecified atom stereocenters. The summed E-state index contributed by atoms with van der Waals surface area (Å²) in [5.41, 5.74) is 13.4. The van der Waals surface area contributed by atoms with E-state index in [0.29, 0.717) is 0 Å². The van der Waals surface area contributed by atoms with Crippen LogP contribution in [-0.2, 0) is 0 Å². The number of hydrogen-bond donors (Lipinski definition) is 0. The van der Waals surface area contributed by atoms with E-state index < -0.39 is 0 Å². The molecule has 0 spiro atoms. The fourth-order valence-corrected chi connectivity index (χ4v) is 8.41. The van der Waals surface area contributed by atoms with Crippen LogP contribution in [0.3, 0.4) is 0 Å². The summed E-state index contributed by atoms with van der Waals surface area (Å²) in [6.07, 6.45) is 0. The number of aromatic nitrogens is 1. The van der Waals surface area contributed by atoms with E-state index in [4.69, 9.17) is 4.42 Å². The predicted molar refractivity (Wildman–Crippen MR) is 231 cm³/mol. The minimum absolute atomic E-state index is 0.904. The van der Waals surface area contributed by atoms with Crippen LogP contribution in [0.2, 0.25) is 0 Å². The van der Waals surface area contributed by atoms with Crippen LogP contribution in [0.4, 0.5) is 17.1 Å². The Morgan fingerprint density at radius 1 is 0.345 bits per heavy atom. The summed E-state index contributed by atoms with van der Waals surface area (Å²) in [6, 6.07) is 73.9. The van der Waals surface area contributed by atoms with Crippen LogP contribution >= 0.6 is 0 Å². The molecule has 3 nitrogen and oxygen atoms in total. The molecule has 11 aromatic rings. The lowest BCUT2D eigenvalue weighted by Gasteiger charge is -2.27. The van der Waals surface area contributed by atoms with Crippen molar-refractivity contribution in [3.05, 3.63) is 206 Å². The normalized spacial score (nSPS) is 11.6. The zero-order valence-electron chi connectivity index (χ0n) is 29.9. The SMILES string of the molecule is c1ccc(-c2cccc(N(c3ccc(-c4ccc5c(c4)c4ccccc4n5-c4ccccc4)cc3)c3cccc4c3ccc3c5ccccc5oc43)c2)cc1. The van der Waals surface area contributed by atoms with E-state index >= 15 is 0 Å². The zero-order chi connectivity index (χ0) is 36.3. The summed E-state index contributed by atoms with van der Waals surface area (Å²) < 4.78 is 8.88. The van der Waals surface area contributed by atoms with Crippen molar-refractivity contribution in [2.45, 2.75) is 0 Å². The average molecular weight is 703 g/mol. The van der Waals surface area contributed by atoms with Gasteiger partial charge in [0.25, 0.3) is 0 Å². The molecule has 55 heavy (non-hydrogen) atoms. The molecule has 0 atom stereocenters. The Kier molecular flexibility index (Phi) is 7.17. The third-order valence-corrected chi connectivity index (χ3v) is 11.0. The third-order valence-electron chi connectivity index (χ3n) is 11.0. The fraction of sp³-hybridized carbons (Fsp3) is 0. The predicted octanol–water partition coefficient (Wildman–Crippen LogP) is 14.6. The van der Waals surface area contributed by atoms with E-state index in [1.54, 1.807) is 0 Å². The van der Waals surface area contributed by atoms with Crippen LogP contribution in [0.1, 0.15) is 0 Å². The van der Waals surface area contributed by atoms with E-state index in [0.717, 1.165) is 55.5 Å². The quantitative estimate of drug-likeness (QED) is 0.172. The molecule has 2 aromatic heterocycles. The van der Waals surface area contributed by atoms with Crippen molar-refractivity contribution in [1.82, 2.24) is 4.57 Å². The monoisotopic (exact) mass is 702 g/mol. The highest BCUT2D eigenvalue weighted by atomic mass is 16.3. The number of hydrogen-bond acceptors (Lipinski definition) is 2. The maximum atomic E-state index is 6.52. The van der Waals surface area contributed by atoms with E-state index in [1.165, 1.54) is 44.1 Å². The van der Waals surface area contributed by atoms with E-state index in [9.17, 15) is 0 Å². The molecule has 258 valence electrons. The first kappa shape index (κ1) is 31.2. The van der Waals surface area contributed by atoms with Gasteiger partial charge in [0, 0.05) is 49.4 Å². The lowest BCUT2D eigenvalue weighted by Crippen LogP contribution is -2.10. The topological polar surface area (TPSA) is 21.3 Å². The van der Waals surface area contributed by atoms with Gasteiger partial charge in [-0.25, -0.2) is 0 Å². The van der Waals surface area contributed by atoms with Crippen LogP contribution < -0.4 is 4.90 Å². The first-order valence-corrected chi connectivity index (χ1v) is 18.8. The highest BCUT2D eigenvalue weighted by Crippen LogP contribution is 2.44. The largest absolute Gasteiger partial charge is 0.455 e. The van der Waals surface area contributed by atoms with Gasteiger partial charge in [0.05, 0.1) is 16.7 Å². The van der Waals surface area contributed by atoms with Gasteiger partial charge < -0.3 is 13.9 Å². The fourth-order valence-electron chi connectivity index (χ4n) is 8.41. The molecule has 2 heterocycles. The summed E-state index contributed by atoms with van der Waals surface area (Å²) >= 11 is 0. The first-order valence-electron chi connectivity index (χ1n) is 18.8. The Bertz CT molecular complexity index is 3190. The Morgan fingerprint density at radius 3 is 1.80 bits per heavy atom. The van der Waals surface area contributed by atoms with E-state index in [-0.39, 0.29) is 0 Å². The van der Waals surface area contributed by atoms with Crippen molar-refractivity contribution in [2.24, 2.45) is 0 Å². The lowest BCUT2D eigenvalue weighted by molar-refractivity contribution is 0.672. The number of benzene rings is 9. The molecule has 3 heteroatoms. The van der Waals surface area contributed by atoms with Gasteiger partial charge >= 0.3 is 0 Å². The number of para-hydroxylation sites is 3. The highest BCUT2D eigenvalue weighted by molar-refractivity contribution is 6.18. The molecule has 0 saturated heterocycles. The van der Waals surface area contributed by atoms with Crippen molar-refractivity contribution in [3.63, 3.8) is 0 Å². The number of rotatable bonds is 6. The Morgan fingerprint density at radius 2 is 0.945 bits per heavy atom. The minimum Gasteiger partial charge on any atom is -0.455 e. The second kappa shape index (κ2) is 12.6. The van der Waals surface area contributed by atoms with Crippen LogP contribution in [0.25, 0.3) is 82.5 Å². The van der Waals surface area contributed by atoms with Gasteiger partial charge in [-0.3, -0.25) is 0 Å². The Labute approximate surface area is 318 Å². The van der Waals surface area contributed by atoms with Gasteiger partial charge in [-0.15, -0.1) is 0 Å². The summed E-state index contributed by atoms with van der Waals surface area (Å²) in [4.78, 5) is 2.38.